The molecule has 3 heteroatoms. The quantitative estimate of drug-likeness (QED) is 0.604. The van der Waals surface area contributed by atoms with E-state index in [1.165, 1.54) is 6.92 Å². The summed E-state index contributed by atoms with van der Waals surface area (Å²) < 4.78 is 4.78. The van der Waals surface area contributed by atoms with Gasteiger partial charge in [0.1, 0.15) is 0 Å². The van der Waals surface area contributed by atoms with Crippen LogP contribution in [0, 0.1) is 19.3 Å². The van der Waals surface area contributed by atoms with Crippen molar-refractivity contribution in [1.29, 1.82) is 0 Å². The third-order valence-electron chi connectivity index (χ3n) is 1.39. The summed E-state index contributed by atoms with van der Waals surface area (Å²) in [6.07, 6.45) is 5.06. The third kappa shape index (κ3) is 1.41. The lowest BCUT2D eigenvalue weighted by Crippen LogP contribution is -2.16. The Hall–Kier alpha value is -1.27. The molecule has 0 aliphatic carbocycles. The van der Waals surface area contributed by atoms with Crippen molar-refractivity contribution in [3.8, 4) is 12.3 Å². The highest BCUT2D eigenvalue weighted by Crippen LogP contribution is 2.19. The molecule has 0 aromatic carbocycles. The van der Waals surface area contributed by atoms with Gasteiger partial charge < -0.3 is 9.63 Å². The zero-order valence-corrected chi connectivity index (χ0v) is 6.46. The molecule has 0 spiro atoms. The van der Waals surface area contributed by atoms with Crippen LogP contribution in [0.2, 0.25) is 0 Å². The van der Waals surface area contributed by atoms with Crippen LogP contribution in [-0.4, -0.2) is 10.3 Å². The van der Waals surface area contributed by atoms with Crippen molar-refractivity contribution in [3.05, 3.63) is 17.5 Å². The molecule has 1 atom stereocenters. The van der Waals surface area contributed by atoms with Crippen LogP contribution < -0.4 is 0 Å². The van der Waals surface area contributed by atoms with E-state index >= 15 is 0 Å². The van der Waals surface area contributed by atoms with Crippen LogP contribution in [-0.2, 0) is 5.60 Å². The van der Waals surface area contributed by atoms with E-state index in [2.05, 4.69) is 11.1 Å². The molecule has 1 N–H and O–H groups in total. The Bertz CT molecular complexity index is 293. The maximum Gasteiger partial charge on any atom is 0.183 e. The van der Waals surface area contributed by atoms with Crippen LogP contribution in [0.4, 0.5) is 0 Å². The standard InChI is InChI=1S/C8H9NO2/c1-4-8(3,10)7-5-6(2)9-11-7/h1,5,10H,2-3H3/t8-/m0/s1. The molecular weight excluding hydrogens is 142 g/mol. The zero-order valence-electron chi connectivity index (χ0n) is 6.46. The fourth-order valence-corrected chi connectivity index (χ4v) is 0.664. The van der Waals surface area contributed by atoms with Crippen LogP contribution in [0.25, 0.3) is 0 Å². The summed E-state index contributed by atoms with van der Waals surface area (Å²) in [6.45, 7) is 3.24. The maximum atomic E-state index is 9.44. The molecule has 0 aliphatic rings. The number of hydrogen-bond acceptors (Lipinski definition) is 3. The molecule has 0 fully saturated rings. The second kappa shape index (κ2) is 2.40. The number of nitrogens with zero attached hydrogens (tertiary/aromatic N) is 1. The van der Waals surface area contributed by atoms with Crippen molar-refractivity contribution in [2.75, 3.05) is 0 Å². The zero-order chi connectivity index (χ0) is 8.48. The molecule has 1 rings (SSSR count). The lowest BCUT2D eigenvalue weighted by molar-refractivity contribution is 0.0874. The van der Waals surface area contributed by atoms with E-state index in [9.17, 15) is 5.11 Å². The average molecular weight is 151 g/mol. The summed E-state index contributed by atoms with van der Waals surface area (Å²) in [5.41, 5.74) is -0.642. The molecule has 58 valence electrons. The summed E-state index contributed by atoms with van der Waals surface area (Å²) >= 11 is 0. The highest BCUT2D eigenvalue weighted by atomic mass is 16.5. The SMILES string of the molecule is C#C[C@](C)(O)c1cc(C)no1. The van der Waals surface area contributed by atoms with Crippen LogP contribution in [0.15, 0.2) is 10.6 Å². The number of hydrogen-bond donors (Lipinski definition) is 1. The Balaban J connectivity index is 3.04. The molecular formula is C8H9NO2. The van der Waals surface area contributed by atoms with Gasteiger partial charge in [-0.25, -0.2) is 0 Å². The van der Waals surface area contributed by atoms with Gasteiger partial charge >= 0.3 is 0 Å². The highest BCUT2D eigenvalue weighted by Gasteiger charge is 2.24. The van der Waals surface area contributed by atoms with Gasteiger partial charge in [-0.15, -0.1) is 6.42 Å². The summed E-state index contributed by atoms with van der Waals surface area (Å²) in [5.74, 6) is 2.50. The molecule has 0 aliphatic heterocycles. The van der Waals surface area contributed by atoms with Gasteiger partial charge in [-0.1, -0.05) is 11.1 Å². The number of terminal acetylenes is 1. The summed E-state index contributed by atoms with van der Waals surface area (Å²) in [6, 6.07) is 1.61. The molecule has 1 aromatic heterocycles. The first-order chi connectivity index (χ1) is 5.06. The van der Waals surface area contributed by atoms with E-state index in [4.69, 9.17) is 10.9 Å². The molecule has 0 saturated heterocycles. The summed E-state index contributed by atoms with van der Waals surface area (Å²) in [4.78, 5) is 0. The van der Waals surface area contributed by atoms with Gasteiger partial charge in [0.15, 0.2) is 11.4 Å². The number of aliphatic hydroxyl groups is 1. The van der Waals surface area contributed by atoms with Gasteiger partial charge in [0.05, 0.1) is 5.69 Å². The van der Waals surface area contributed by atoms with E-state index in [0.29, 0.717) is 11.5 Å². The van der Waals surface area contributed by atoms with Crippen molar-refractivity contribution < 1.29 is 9.63 Å². The predicted molar refractivity (Wildman–Crippen MR) is 39.6 cm³/mol. The lowest BCUT2D eigenvalue weighted by Gasteiger charge is -2.09. The van der Waals surface area contributed by atoms with Gasteiger partial charge in [0.25, 0.3) is 0 Å². The van der Waals surface area contributed by atoms with E-state index in [1.54, 1.807) is 13.0 Å². The molecule has 0 unspecified atom stereocenters. The Kier molecular flexibility index (Phi) is 1.71. The Morgan fingerprint density at radius 1 is 1.82 bits per heavy atom. The van der Waals surface area contributed by atoms with Crippen molar-refractivity contribution >= 4 is 0 Å². The van der Waals surface area contributed by atoms with Crippen molar-refractivity contribution in [3.63, 3.8) is 0 Å². The minimum atomic E-state index is -1.35. The van der Waals surface area contributed by atoms with Gasteiger partial charge in [-0.05, 0) is 13.8 Å². The number of aromatic nitrogens is 1. The van der Waals surface area contributed by atoms with Crippen molar-refractivity contribution in [1.82, 2.24) is 5.16 Å². The van der Waals surface area contributed by atoms with E-state index < -0.39 is 5.60 Å². The Morgan fingerprint density at radius 2 is 2.45 bits per heavy atom. The van der Waals surface area contributed by atoms with Crippen LogP contribution >= 0.6 is 0 Å². The molecule has 0 amide bonds. The van der Waals surface area contributed by atoms with Gasteiger partial charge in [0, 0.05) is 6.07 Å². The van der Waals surface area contributed by atoms with E-state index in [0.717, 1.165) is 0 Å². The summed E-state index contributed by atoms with van der Waals surface area (Å²) in [5, 5.41) is 13.0. The molecule has 1 heterocycles. The predicted octanol–water partition coefficient (Wildman–Crippen LogP) is 0.824. The minimum Gasteiger partial charge on any atom is -0.371 e. The molecule has 0 radical (unpaired) electrons. The Morgan fingerprint density at radius 3 is 2.82 bits per heavy atom. The number of rotatable bonds is 1. The molecule has 0 saturated carbocycles. The molecule has 0 bridgehead atoms. The fourth-order valence-electron chi connectivity index (χ4n) is 0.664. The second-order valence-electron chi connectivity index (χ2n) is 2.55. The highest BCUT2D eigenvalue weighted by molar-refractivity contribution is 5.20. The molecule has 11 heavy (non-hydrogen) atoms. The molecule has 3 nitrogen and oxygen atoms in total. The van der Waals surface area contributed by atoms with Crippen LogP contribution in [0.3, 0.4) is 0 Å². The number of aryl methyl sites for hydroxylation is 1. The van der Waals surface area contributed by atoms with Crippen LogP contribution in [0.1, 0.15) is 18.4 Å². The normalized spacial score (nSPS) is 15.5. The van der Waals surface area contributed by atoms with Crippen molar-refractivity contribution in [2.45, 2.75) is 19.4 Å². The largest absolute Gasteiger partial charge is 0.371 e. The fraction of sp³-hybridized carbons (Fsp3) is 0.375. The van der Waals surface area contributed by atoms with E-state index in [1.807, 2.05) is 0 Å². The first-order valence-electron chi connectivity index (χ1n) is 3.20. The average Bonchev–Trinajstić information content (AvgIpc) is 2.36. The smallest absolute Gasteiger partial charge is 0.183 e. The summed E-state index contributed by atoms with van der Waals surface area (Å²) in [7, 11) is 0. The minimum absolute atomic E-state index is 0.303. The van der Waals surface area contributed by atoms with Crippen molar-refractivity contribution in [2.24, 2.45) is 0 Å². The van der Waals surface area contributed by atoms with Gasteiger partial charge in [0.2, 0.25) is 0 Å². The van der Waals surface area contributed by atoms with Gasteiger partial charge in [-0.2, -0.15) is 0 Å². The lowest BCUT2D eigenvalue weighted by atomic mass is 10.1. The maximum absolute atomic E-state index is 9.44. The second-order valence-corrected chi connectivity index (χ2v) is 2.55. The van der Waals surface area contributed by atoms with Crippen LogP contribution in [0.5, 0.6) is 0 Å². The van der Waals surface area contributed by atoms with Gasteiger partial charge in [-0.3, -0.25) is 0 Å². The Labute approximate surface area is 65.0 Å². The van der Waals surface area contributed by atoms with E-state index in [-0.39, 0.29) is 0 Å². The first-order valence-corrected chi connectivity index (χ1v) is 3.20. The monoisotopic (exact) mass is 151 g/mol. The molecule has 1 aromatic rings. The third-order valence-corrected chi connectivity index (χ3v) is 1.39. The first kappa shape index (κ1) is 7.83. The topological polar surface area (TPSA) is 46.3 Å².